The molecule has 0 bridgehead atoms. The number of para-hydroxylation sites is 1. The molecule has 0 fully saturated rings. The van der Waals surface area contributed by atoms with Crippen LogP contribution in [0.4, 0.5) is 0 Å². The van der Waals surface area contributed by atoms with E-state index in [0.29, 0.717) is 12.2 Å². The highest BCUT2D eigenvalue weighted by molar-refractivity contribution is 9.10. The van der Waals surface area contributed by atoms with Gasteiger partial charge in [0.15, 0.2) is 0 Å². The van der Waals surface area contributed by atoms with Crippen LogP contribution in [0.25, 0.3) is 0 Å². The number of rotatable bonds is 2. The van der Waals surface area contributed by atoms with Gasteiger partial charge in [-0.25, -0.2) is 0 Å². The second-order valence-corrected chi connectivity index (χ2v) is 5.70. The minimum absolute atomic E-state index is 0.206. The summed E-state index contributed by atoms with van der Waals surface area (Å²) in [4.78, 5) is 0. The Bertz CT molecular complexity index is 627. The van der Waals surface area contributed by atoms with Crippen molar-refractivity contribution >= 4 is 15.9 Å². The smallest absolute Gasteiger partial charge is 0.130 e. The molecule has 1 aliphatic heterocycles. The van der Waals surface area contributed by atoms with E-state index in [1.807, 2.05) is 42.5 Å². The van der Waals surface area contributed by atoms with Gasteiger partial charge in [-0.3, -0.25) is 0 Å². The maximum absolute atomic E-state index is 10.3. The summed E-state index contributed by atoms with van der Waals surface area (Å²) in [5, 5.41) is 10.3. The molecular formula is C16H15BrO3. The van der Waals surface area contributed by atoms with Gasteiger partial charge >= 0.3 is 0 Å². The number of hydrogen-bond acceptors (Lipinski definition) is 3. The van der Waals surface area contributed by atoms with Crippen molar-refractivity contribution in [3.63, 3.8) is 0 Å². The number of aliphatic hydroxyl groups is 1. The Morgan fingerprint density at radius 1 is 1.20 bits per heavy atom. The third kappa shape index (κ3) is 2.41. The molecule has 0 saturated carbocycles. The predicted octanol–water partition coefficient (Wildman–Crippen LogP) is 4.01. The zero-order valence-corrected chi connectivity index (χ0v) is 12.6. The molecule has 2 aromatic rings. The van der Waals surface area contributed by atoms with Crippen LogP contribution >= 0.6 is 15.9 Å². The predicted molar refractivity (Wildman–Crippen MR) is 80.1 cm³/mol. The standard InChI is InChI=1S/C16H15BrO3/c1-19-14-5-3-2-4-12(14)16-9-13(18)11-7-6-10(17)8-15(11)20-16/h2-8,13,16,18H,9H2,1H3/t13-,16?/m1/s1. The Kier molecular flexibility index (Phi) is 3.68. The monoisotopic (exact) mass is 334 g/mol. The zero-order chi connectivity index (χ0) is 14.1. The van der Waals surface area contributed by atoms with Gasteiger partial charge in [0, 0.05) is 22.0 Å². The Morgan fingerprint density at radius 2 is 2.00 bits per heavy atom. The van der Waals surface area contributed by atoms with Gasteiger partial charge in [-0.2, -0.15) is 0 Å². The van der Waals surface area contributed by atoms with E-state index in [1.54, 1.807) is 7.11 Å². The molecule has 1 unspecified atom stereocenters. The summed E-state index contributed by atoms with van der Waals surface area (Å²) >= 11 is 3.43. The lowest BCUT2D eigenvalue weighted by atomic mass is 9.94. The Balaban J connectivity index is 1.98. The van der Waals surface area contributed by atoms with Crippen LogP contribution in [-0.4, -0.2) is 12.2 Å². The molecule has 3 rings (SSSR count). The number of fused-ring (bicyclic) bond motifs is 1. The SMILES string of the molecule is COc1ccccc1C1C[C@@H](O)c2ccc(Br)cc2O1. The lowest BCUT2D eigenvalue weighted by Crippen LogP contribution is -2.19. The number of benzene rings is 2. The highest BCUT2D eigenvalue weighted by atomic mass is 79.9. The van der Waals surface area contributed by atoms with Gasteiger partial charge in [-0.15, -0.1) is 0 Å². The van der Waals surface area contributed by atoms with Crippen LogP contribution in [-0.2, 0) is 0 Å². The van der Waals surface area contributed by atoms with Gasteiger partial charge in [0.2, 0.25) is 0 Å². The number of halogens is 1. The van der Waals surface area contributed by atoms with Crippen LogP contribution in [0.2, 0.25) is 0 Å². The number of hydrogen-bond donors (Lipinski definition) is 1. The van der Waals surface area contributed by atoms with E-state index >= 15 is 0 Å². The quantitative estimate of drug-likeness (QED) is 0.901. The van der Waals surface area contributed by atoms with Crippen LogP contribution in [0.5, 0.6) is 11.5 Å². The zero-order valence-electron chi connectivity index (χ0n) is 11.0. The summed E-state index contributed by atoms with van der Waals surface area (Å²) in [7, 11) is 1.64. The minimum Gasteiger partial charge on any atom is -0.496 e. The van der Waals surface area contributed by atoms with E-state index in [9.17, 15) is 5.11 Å². The Hall–Kier alpha value is -1.52. The summed E-state index contributed by atoms with van der Waals surface area (Å²) in [5.41, 5.74) is 1.79. The third-order valence-electron chi connectivity index (χ3n) is 3.53. The van der Waals surface area contributed by atoms with Crippen molar-refractivity contribution in [2.45, 2.75) is 18.6 Å². The van der Waals surface area contributed by atoms with E-state index in [1.165, 1.54) is 0 Å². The average molecular weight is 335 g/mol. The van der Waals surface area contributed by atoms with Crippen LogP contribution in [0.1, 0.15) is 29.8 Å². The molecule has 0 spiro atoms. The van der Waals surface area contributed by atoms with Crippen LogP contribution in [0, 0.1) is 0 Å². The summed E-state index contributed by atoms with van der Waals surface area (Å²) in [5.74, 6) is 1.50. The molecule has 0 aromatic heterocycles. The Morgan fingerprint density at radius 3 is 2.80 bits per heavy atom. The molecule has 1 N–H and O–H groups in total. The van der Waals surface area contributed by atoms with Crippen molar-refractivity contribution < 1.29 is 14.6 Å². The highest BCUT2D eigenvalue weighted by Crippen LogP contribution is 2.43. The summed E-state index contributed by atoms with van der Waals surface area (Å²) in [6.07, 6.45) is -0.209. The first kappa shape index (κ1) is 13.5. The molecule has 104 valence electrons. The Labute approximate surface area is 126 Å². The van der Waals surface area contributed by atoms with Gasteiger partial charge in [0.05, 0.1) is 13.2 Å². The van der Waals surface area contributed by atoms with Crippen LogP contribution in [0.15, 0.2) is 46.9 Å². The molecule has 3 nitrogen and oxygen atoms in total. The fourth-order valence-corrected chi connectivity index (χ4v) is 2.88. The molecule has 1 aliphatic rings. The van der Waals surface area contributed by atoms with Gasteiger partial charge in [-0.05, 0) is 18.2 Å². The molecule has 0 saturated heterocycles. The normalized spacial score (nSPS) is 20.9. The van der Waals surface area contributed by atoms with Gasteiger partial charge in [0.25, 0.3) is 0 Å². The van der Waals surface area contributed by atoms with E-state index in [4.69, 9.17) is 9.47 Å². The van der Waals surface area contributed by atoms with Crippen molar-refractivity contribution in [3.05, 3.63) is 58.1 Å². The van der Waals surface area contributed by atoms with Crippen molar-refractivity contribution in [1.82, 2.24) is 0 Å². The second kappa shape index (κ2) is 5.46. The first-order valence-corrected chi connectivity index (χ1v) is 7.25. The summed E-state index contributed by atoms with van der Waals surface area (Å²) in [6.45, 7) is 0. The average Bonchev–Trinajstić information content (AvgIpc) is 2.46. The number of aliphatic hydroxyl groups excluding tert-OH is 1. The molecule has 4 heteroatoms. The van der Waals surface area contributed by atoms with Gasteiger partial charge in [-0.1, -0.05) is 40.2 Å². The third-order valence-corrected chi connectivity index (χ3v) is 4.02. The molecule has 2 atom stereocenters. The lowest BCUT2D eigenvalue weighted by Gasteiger charge is -2.30. The lowest BCUT2D eigenvalue weighted by molar-refractivity contribution is 0.0644. The first-order valence-electron chi connectivity index (χ1n) is 6.46. The molecular weight excluding hydrogens is 320 g/mol. The molecule has 20 heavy (non-hydrogen) atoms. The number of ether oxygens (including phenoxy) is 2. The molecule has 2 aromatic carbocycles. The van der Waals surface area contributed by atoms with Crippen molar-refractivity contribution in [1.29, 1.82) is 0 Å². The topological polar surface area (TPSA) is 38.7 Å². The van der Waals surface area contributed by atoms with E-state index in [0.717, 1.165) is 21.3 Å². The van der Waals surface area contributed by atoms with Crippen molar-refractivity contribution in [2.24, 2.45) is 0 Å². The molecule has 0 amide bonds. The molecule has 0 aliphatic carbocycles. The van der Waals surface area contributed by atoms with E-state index in [-0.39, 0.29) is 6.10 Å². The van der Waals surface area contributed by atoms with Crippen molar-refractivity contribution in [3.8, 4) is 11.5 Å². The highest BCUT2D eigenvalue weighted by Gasteiger charge is 2.29. The van der Waals surface area contributed by atoms with Crippen molar-refractivity contribution in [2.75, 3.05) is 7.11 Å². The molecule has 1 heterocycles. The fraction of sp³-hybridized carbons (Fsp3) is 0.250. The fourth-order valence-electron chi connectivity index (χ4n) is 2.54. The van der Waals surface area contributed by atoms with E-state index in [2.05, 4.69) is 15.9 Å². The van der Waals surface area contributed by atoms with E-state index < -0.39 is 6.10 Å². The largest absolute Gasteiger partial charge is 0.496 e. The maximum Gasteiger partial charge on any atom is 0.130 e. The second-order valence-electron chi connectivity index (χ2n) is 4.78. The van der Waals surface area contributed by atoms with Gasteiger partial charge in [0.1, 0.15) is 17.6 Å². The first-order chi connectivity index (χ1) is 9.69. The van der Waals surface area contributed by atoms with Gasteiger partial charge < -0.3 is 14.6 Å². The summed E-state index contributed by atoms with van der Waals surface area (Å²) in [6, 6.07) is 13.4. The molecule has 0 radical (unpaired) electrons. The van der Waals surface area contributed by atoms with Crippen LogP contribution in [0.3, 0.4) is 0 Å². The maximum atomic E-state index is 10.3. The minimum atomic E-state index is -0.526. The van der Waals surface area contributed by atoms with Crippen LogP contribution < -0.4 is 9.47 Å². The summed E-state index contributed by atoms with van der Waals surface area (Å²) < 4.78 is 12.4. The number of methoxy groups -OCH3 is 1.